The highest BCUT2D eigenvalue weighted by Gasteiger charge is 2.19. The lowest BCUT2D eigenvalue weighted by molar-refractivity contribution is 0.231. The van der Waals surface area contributed by atoms with Gasteiger partial charge < -0.3 is 20.3 Å². The summed E-state index contributed by atoms with van der Waals surface area (Å²) in [6, 6.07) is 7.73. The van der Waals surface area contributed by atoms with Gasteiger partial charge in [0.05, 0.1) is 6.33 Å². The van der Waals surface area contributed by atoms with Crippen molar-refractivity contribution in [3.8, 4) is 5.69 Å². The van der Waals surface area contributed by atoms with E-state index in [0.29, 0.717) is 6.54 Å². The number of urea groups is 1. The Labute approximate surface area is 134 Å². The zero-order valence-corrected chi connectivity index (χ0v) is 12.7. The topological polar surface area (TPSA) is 79.2 Å². The minimum atomic E-state index is -0.197. The van der Waals surface area contributed by atoms with Gasteiger partial charge in [0.2, 0.25) is 0 Å². The summed E-state index contributed by atoms with van der Waals surface area (Å²) in [5.41, 5.74) is 2.06. The summed E-state index contributed by atoms with van der Waals surface area (Å²) in [6.07, 6.45) is 9.99. The summed E-state index contributed by atoms with van der Waals surface area (Å²) < 4.78 is 1.92. The van der Waals surface area contributed by atoms with Gasteiger partial charge in [-0.15, -0.1) is 0 Å². The summed E-state index contributed by atoms with van der Waals surface area (Å²) in [7, 11) is 0. The molecule has 0 fully saturated rings. The van der Waals surface area contributed by atoms with E-state index in [9.17, 15) is 4.79 Å². The highest BCUT2D eigenvalue weighted by Crippen LogP contribution is 2.16. The number of amides is 2. The van der Waals surface area contributed by atoms with E-state index >= 15 is 0 Å². The Morgan fingerprint density at radius 2 is 2.13 bits per heavy atom. The number of benzene rings is 1. The van der Waals surface area contributed by atoms with Crippen LogP contribution in [0.5, 0.6) is 0 Å². The van der Waals surface area contributed by atoms with Crippen molar-refractivity contribution in [3.63, 3.8) is 0 Å². The maximum absolute atomic E-state index is 11.9. The third kappa shape index (κ3) is 3.98. The molecule has 0 radical (unpaired) electrons. The van der Waals surface area contributed by atoms with Crippen molar-refractivity contribution in [2.75, 3.05) is 6.61 Å². The van der Waals surface area contributed by atoms with Gasteiger partial charge >= 0.3 is 6.03 Å². The first-order valence-corrected chi connectivity index (χ1v) is 7.65. The Hall–Kier alpha value is -2.60. The first-order chi connectivity index (χ1) is 11.2. The third-order valence-corrected chi connectivity index (χ3v) is 3.92. The number of aliphatic hydroxyl groups excluding tert-OH is 1. The van der Waals surface area contributed by atoms with Gasteiger partial charge in [-0.05, 0) is 24.1 Å². The molecule has 1 aliphatic carbocycles. The van der Waals surface area contributed by atoms with E-state index in [1.807, 2.05) is 47.2 Å². The lowest BCUT2D eigenvalue weighted by Crippen LogP contribution is -2.40. The molecule has 3 rings (SSSR count). The van der Waals surface area contributed by atoms with Crippen LogP contribution in [-0.2, 0) is 6.54 Å². The van der Waals surface area contributed by atoms with Gasteiger partial charge in [-0.1, -0.05) is 24.3 Å². The van der Waals surface area contributed by atoms with Crippen LogP contribution in [0.2, 0.25) is 0 Å². The number of carbonyl (C=O) groups excluding carboxylic acids is 1. The van der Waals surface area contributed by atoms with Crippen molar-refractivity contribution in [1.29, 1.82) is 0 Å². The summed E-state index contributed by atoms with van der Waals surface area (Å²) in [5, 5.41) is 14.8. The summed E-state index contributed by atoms with van der Waals surface area (Å²) in [6.45, 7) is 0.593. The van der Waals surface area contributed by atoms with Gasteiger partial charge in [0.15, 0.2) is 0 Å². The Morgan fingerprint density at radius 3 is 2.78 bits per heavy atom. The molecule has 23 heavy (non-hydrogen) atoms. The van der Waals surface area contributed by atoms with Crippen LogP contribution in [0.4, 0.5) is 4.79 Å². The first-order valence-electron chi connectivity index (χ1n) is 7.65. The Kier molecular flexibility index (Phi) is 4.73. The van der Waals surface area contributed by atoms with Crippen LogP contribution in [-0.4, -0.2) is 33.3 Å². The van der Waals surface area contributed by atoms with Crippen molar-refractivity contribution in [3.05, 3.63) is 60.7 Å². The number of carbonyl (C=O) groups is 1. The summed E-state index contributed by atoms with van der Waals surface area (Å²) >= 11 is 0. The molecule has 0 saturated heterocycles. The largest absolute Gasteiger partial charge is 0.396 e. The highest BCUT2D eigenvalue weighted by molar-refractivity contribution is 5.74. The molecule has 2 amide bonds. The highest BCUT2D eigenvalue weighted by atomic mass is 16.3. The van der Waals surface area contributed by atoms with Gasteiger partial charge in [0, 0.05) is 43.2 Å². The van der Waals surface area contributed by atoms with Crippen LogP contribution in [0.1, 0.15) is 12.0 Å². The number of nitrogens with zero attached hydrogens (tertiary/aromatic N) is 2. The molecule has 1 heterocycles. The minimum absolute atomic E-state index is 0.00392. The molecule has 2 atom stereocenters. The number of rotatable bonds is 5. The molecule has 0 saturated carbocycles. The summed E-state index contributed by atoms with van der Waals surface area (Å²) in [4.78, 5) is 15.9. The van der Waals surface area contributed by atoms with Crippen LogP contribution >= 0.6 is 0 Å². The van der Waals surface area contributed by atoms with Crippen LogP contribution in [0.15, 0.2) is 55.1 Å². The summed E-state index contributed by atoms with van der Waals surface area (Å²) in [5.74, 6) is 0.149. The van der Waals surface area contributed by atoms with Gasteiger partial charge in [0.25, 0.3) is 0 Å². The predicted molar refractivity (Wildman–Crippen MR) is 87.1 cm³/mol. The smallest absolute Gasteiger partial charge is 0.315 e. The SMILES string of the molecule is O=C(NCc1ccc(-n2ccnc2)cc1)N[C@@H]1C=C[C@H](CO)C1. The van der Waals surface area contributed by atoms with E-state index in [-0.39, 0.29) is 24.6 Å². The molecule has 0 spiro atoms. The second-order valence-corrected chi connectivity index (χ2v) is 5.63. The van der Waals surface area contributed by atoms with Gasteiger partial charge in [-0.2, -0.15) is 0 Å². The van der Waals surface area contributed by atoms with E-state index < -0.39 is 0 Å². The van der Waals surface area contributed by atoms with Crippen LogP contribution in [0.3, 0.4) is 0 Å². The quantitative estimate of drug-likeness (QED) is 0.734. The van der Waals surface area contributed by atoms with Crippen molar-refractivity contribution >= 4 is 6.03 Å². The molecule has 0 aliphatic heterocycles. The lowest BCUT2D eigenvalue weighted by atomic mass is 10.1. The fourth-order valence-corrected chi connectivity index (χ4v) is 2.62. The van der Waals surface area contributed by atoms with E-state index in [1.165, 1.54) is 0 Å². The van der Waals surface area contributed by atoms with E-state index in [1.54, 1.807) is 12.5 Å². The zero-order valence-electron chi connectivity index (χ0n) is 12.7. The van der Waals surface area contributed by atoms with E-state index in [2.05, 4.69) is 15.6 Å². The monoisotopic (exact) mass is 312 g/mol. The Balaban J connectivity index is 1.47. The van der Waals surface area contributed by atoms with Crippen molar-refractivity contribution in [1.82, 2.24) is 20.2 Å². The molecule has 0 unspecified atom stereocenters. The maximum atomic E-state index is 11.9. The number of hydrogen-bond acceptors (Lipinski definition) is 3. The van der Waals surface area contributed by atoms with Crippen LogP contribution < -0.4 is 10.6 Å². The molecule has 6 nitrogen and oxygen atoms in total. The number of nitrogens with one attached hydrogen (secondary N) is 2. The van der Waals surface area contributed by atoms with Gasteiger partial charge in [-0.25, -0.2) is 9.78 Å². The lowest BCUT2D eigenvalue weighted by Gasteiger charge is -2.13. The first kappa shape index (κ1) is 15.3. The molecule has 0 bridgehead atoms. The zero-order chi connectivity index (χ0) is 16.1. The average Bonchev–Trinajstić information content (AvgIpc) is 3.25. The molecule has 2 aromatic rings. The molecule has 1 aromatic carbocycles. The molecular weight excluding hydrogens is 292 g/mol. The fraction of sp³-hybridized carbons (Fsp3) is 0.294. The number of aliphatic hydroxyl groups is 1. The number of imidazole rings is 1. The maximum Gasteiger partial charge on any atom is 0.315 e. The second-order valence-electron chi connectivity index (χ2n) is 5.63. The van der Waals surface area contributed by atoms with Crippen LogP contribution in [0, 0.1) is 5.92 Å². The van der Waals surface area contributed by atoms with Crippen molar-refractivity contribution in [2.24, 2.45) is 5.92 Å². The Morgan fingerprint density at radius 1 is 1.30 bits per heavy atom. The molecule has 1 aromatic heterocycles. The molecule has 6 heteroatoms. The van der Waals surface area contributed by atoms with Crippen molar-refractivity contribution < 1.29 is 9.90 Å². The fourth-order valence-electron chi connectivity index (χ4n) is 2.62. The van der Waals surface area contributed by atoms with Crippen molar-refractivity contribution in [2.45, 2.75) is 19.0 Å². The van der Waals surface area contributed by atoms with Gasteiger partial charge in [0.1, 0.15) is 0 Å². The third-order valence-electron chi connectivity index (χ3n) is 3.92. The molecule has 3 N–H and O–H groups in total. The van der Waals surface area contributed by atoms with Crippen LogP contribution in [0.25, 0.3) is 5.69 Å². The number of aromatic nitrogens is 2. The normalized spacial score (nSPS) is 19.7. The average molecular weight is 312 g/mol. The molecule has 1 aliphatic rings. The minimum Gasteiger partial charge on any atom is -0.396 e. The molecule has 120 valence electrons. The standard InChI is InChI=1S/C17H20N4O2/c22-11-14-1-4-15(9-14)20-17(23)19-10-13-2-5-16(6-3-13)21-8-7-18-12-21/h1-8,12,14-15,22H,9-11H2,(H2,19,20,23)/t14-,15+/m0/s1. The van der Waals surface area contributed by atoms with E-state index in [0.717, 1.165) is 17.7 Å². The van der Waals surface area contributed by atoms with Gasteiger partial charge in [-0.3, -0.25) is 0 Å². The molecular formula is C17H20N4O2. The number of hydrogen-bond donors (Lipinski definition) is 3. The van der Waals surface area contributed by atoms with E-state index in [4.69, 9.17) is 5.11 Å². The predicted octanol–water partition coefficient (Wildman–Crippen LogP) is 1.61. The second kappa shape index (κ2) is 7.11. The Bertz CT molecular complexity index is 664.